The van der Waals surface area contributed by atoms with Crippen molar-refractivity contribution in [2.45, 2.75) is 64.2 Å². The van der Waals surface area contributed by atoms with Crippen LogP contribution in [0.15, 0.2) is 84.9 Å². The van der Waals surface area contributed by atoms with Gasteiger partial charge in [0.1, 0.15) is 0 Å². The standard InChI is InChI=1S/C32H35N/c1-32(2,3)29-18-10-12-20-31(29)33-30-19-11-9-17-28(30)27-22-21-24(23-13-5-4-6-14-23)25-15-7-8-16-26(25)27/h7-12,15-23,33H,4-6,13-14H2,1-3H3. The molecule has 1 heteroatoms. The summed E-state index contributed by atoms with van der Waals surface area (Å²) in [5.41, 5.74) is 7.85. The van der Waals surface area contributed by atoms with E-state index in [9.17, 15) is 0 Å². The lowest BCUT2D eigenvalue weighted by atomic mass is 9.81. The molecule has 0 amide bonds. The average Bonchev–Trinajstić information content (AvgIpc) is 2.84. The van der Waals surface area contributed by atoms with Crippen LogP contribution in [0.4, 0.5) is 11.4 Å². The Morgan fingerprint density at radius 2 is 1.24 bits per heavy atom. The van der Waals surface area contributed by atoms with Gasteiger partial charge in [-0.3, -0.25) is 0 Å². The molecule has 0 unspecified atom stereocenters. The van der Waals surface area contributed by atoms with E-state index in [1.807, 2.05) is 0 Å². The Balaban J connectivity index is 1.61. The minimum Gasteiger partial charge on any atom is -0.355 e. The lowest BCUT2D eigenvalue weighted by molar-refractivity contribution is 0.445. The largest absolute Gasteiger partial charge is 0.355 e. The second-order valence-corrected chi connectivity index (χ2v) is 10.5. The molecule has 0 heterocycles. The molecule has 1 fully saturated rings. The zero-order valence-corrected chi connectivity index (χ0v) is 20.2. The molecule has 1 aliphatic rings. The van der Waals surface area contributed by atoms with Crippen molar-refractivity contribution >= 4 is 22.1 Å². The molecule has 0 aromatic heterocycles. The van der Waals surface area contributed by atoms with Gasteiger partial charge in [0, 0.05) is 16.9 Å². The first kappa shape index (κ1) is 21.8. The summed E-state index contributed by atoms with van der Waals surface area (Å²) in [6, 6.07) is 31.2. The zero-order chi connectivity index (χ0) is 22.8. The summed E-state index contributed by atoms with van der Waals surface area (Å²) in [6.07, 6.45) is 6.76. The molecule has 5 rings (SSSR count). The number of fused-ring (bicyclic) bond motifs is 1. The van der Waals surface area contributed by atoms with E-state index in [2.05, 4.69) is 111 Å². The molecule has 1 aliphatic carbocycles. The SMILES string of the molecule is CC(C)(C)c1ccccc1Nc1ccccc1-c1ccc(C2CCCCC2)c2ccccc12. The van der Waals surface area contributed by atoms with E-state index in [-0.39, 0.29) is 5.41 Å². The van der Waals surface area contributed by atoms with Crippen LogP contribution in [0.25, 0.3) is 21.9 Å². The van der Waals surface area contributed by atoms with Gasteiger partial charge < -0.3 is 5.32 Å². The van der Waals surface area contributed by atoms with Crippen LogP contribution in [0, 0.1) is 0 Å². The van der Waals surface area contributed by atoms with E-state index < -0.39 is 0 Å². The lowest BCUT2D eigenvalue weighted by Crippen LogP contribution is -2.13. The lowest BCUT2D eigenvalue weighted by Gasteiger charge is -2.25. The Morgan fingerprint density at radius 3 is 2.00 bits per heavy atom. The normalized spacial score (nSPS) is 15.0. The third-order valence-electron chi connectivity index (χ3n) is 7.22. The van der Waals surface area contributed by atoms with Gasteiger partial charge in [-0.25, -0.2) is 0 Å². The highest BCUT2D eigenvalue weighted by Crippen LogP contribution is 2.42. The molecule has 0 bridgehead atoms. The van der Waals surface area contributed by atoms with Gasteiger partial charge in [-0.2, -0.15) is 0 Å². The van der Waals surface area contributed by atoms with Crippen LogP contribution >= 0.6 is 0 Å². The monoisotopic (exact) mass is 433 g/mol. The van der Waals surface area contributed by atoms with Gasteiger partial charge in [0.2, 0.25) is 0 Å². The smallest absolute Gasteiger partial charge is 0.0464 e. The second-order valence-electron chi connectivity index (χ2n) is 10.5. The second kappa shape index (κ2) is 9.06. The van der Waals surface area contributed by atoms with Gasteiger partial charge in [-0.05, 0) is 63.8 Å². The highest BCUT2D eigenvalue weighted by atomic mass is 14.9. The first-order valence-electron chi connectivity index (χ1n) is 12.5. The molecule has 0 radical (unpaired) electrons. The van der Waals surface area contributed by atoms with Crippen molar-refractivity contribution in [1.82, 2.24) is 0 Å². The average molecular weight is 434 g/mol. The molecule has 168 valence electrons. The minimum atomic E-state index is 0.0763. The Hall–Kier alpha value is -3.06. The van der Waals surface area contributed by atoms with Crippen LogP contribution in [0.2, 0.25) is 0 Å². The van der Waals surface area contributed by atoms with Gasteiger partial charge in [0.05, 0.1) is 0 Å². The molecular formula is C32H35N. The van der Waals surface area contributed by atoms with Crippen LogP contribution in [0.3, 0.4) is 0 Å². The van der Waals surface area contributed by atoms with Crippen LogP contribution < -0.4 is 5.32 Å². The number of para-hydroxylation sites is 2. The Kier molecular flexibility index (Phi) is 5.98. The predicted molar refractivity (Wildman–Crippen MR) is 144 cm³/mol. The van der Waals surface area contributed by atoms with E-state index in [1.54, 1.807) is 0 Å². The summed E-state index contributed by atoms with van der Waals surface area (Å²) < 4.78 is 0. The number of nitrogens with one attached hydrogen (secondary N) is 1. The summed E-state index contributed by atoms with van der Waals surface area (Å²) in [7, 11) is 0. The highest BCUT2D eigenvalue weighted by Gasteiger charge is 2.21. The molecule has 4 aromatic carbocycles. The van der Waals surface area contributed by atoms with Crippen molar-refractivity contribution in [3.63, 3.8) is 0 Å². The van der Waals surface area contributed by atoms with Gasteiger partial charge in [-0.1, -0.05) is 113 Å². The maximum Gasteiger partial charge on any atom is 0.0464 e. The third-order valence-corrected chi connectivity index (χ3v) is 7.22. The number of hydrogen-bond donors (Lipinski definition) is 1. The number of rotatable bonds is 4. The molecular weight excluding hydrogens is 398 g/mol. The number of hydrogen-bond acceptors (Lipinski definition) is 1. The highest BCUT2D eigenvalue weighted by molar-refractivity contribution is 6.01. The summed E-state index contributed by atoms with van der Waals surface area (Å²) in [5.74, 6) is 0.699. The van der Waals surface area contributed by atoms with Crippen molar-refractivity contribution in [3.8, 4) is 11.1 Å². The zero-order valence-electron chi connectivity index (χ0n) is 20.2. The number of benzene rings is 4. The van der Waals surface area contributed by atoms with Gasteiger partial charge in [0.15, 0.2) is 0 Å². The van der Waals surface area contributed by atoms with E-state index in [0.717, 1.165) is 5.69 Å². The van der Waals surface area contributed by atoms with Crippen molar-refractivity contribution in [3.05, 3.63) is 96.1 Å². The predicted octanol–water partition coefficient (Wildman–Crippen LogP) is 9.60. The Bertz CT molecular complexity index is 1250. The first-order valence-corrected chi connectivity index (χ1v) is 12.5. The van der Waals surface area contributed by atoms with Gasteiger partial charge >= 0.3 is 0 Å². The fourth-order valence-electron chi connectivity index (χ4n) is 5.55. The van der Waals surface area contributed by atoms with E-state index in [0.29, 0.717) is 5.92 Å². The van der Waals surface area contributed by atoms with E-state index in [1.165, 1.54) is 70.8 Å². The topological polar surface area (TPSA) is 12.0 Å². The first-order chi connectivity index (χ1) is 16.0. The Labute approximate surface area is 198 Å². The van der Waals surface area contributed by atoms with E-state index in [4.69, 9.17) is 0 Å². The molecule has 1 nitrogen and oxygen atoms in total. The summed E-state index contributed by atoms with van der Waals surface area (Å²) in [4.78, 5) is 0. The maximum atomic E-state index is 3.79. The molecule has 0 aliphatic heterocycles. The van der Waals surface area contributed by atoms with Crippen LogP contribution in [-0.4, -0.2) is 0 Å². The summed E-state index contributed by atoms with van der Waals surface area (Å²) >= 11 is 0. The quantitative estimate of drug-likeness (QED) is 0.338. The minimum absolute atomic E-state index is 0.0763. The molecule has 0 atom stereocenters. The summed E-state index contributed by atoms with van der Waals surface area (Å²) in [6.45, 7) is 6.82. The van der Waals surface area contributed by atoms with Crippen molar-refractivity contribution in [2.75, 3.05) is 5.32 Å². The van der Waals surface area contributed by atoms with Gasteiger partial charge in [-0.15, -0.1) is 0 Å². The van der Waals surface area contributed by atoms with E-state index >= 15 is 0 Å². The van der Waals surface area contributed by atoms with Crippen molar-refractivity contribution < 1.29 is 0 Å². The number of anilines is 2. The van der Waals surface area contributed by atoms with Crippen molar-refractivity contribution in [1.29, 1.82) is 0 Å². The van der Waals surface area contributed by atoms with Gasteiger partial charge in [0.25, 0.3) is 0 Å². The molecule has 0 saturated heterocycles. The van der Waals surface area contributed by atoms with Crippen LogP contribution in [0.1, 0.15) is 69.9 Å². The fourth-order valence-corrected chi connectivity index (χ4v) is 5.55. The third kappa shape index (κ3) is 4.42. The van der Waals surface area contributed by atoms with Crippen LogP contribution in [-0.2, 0) is 5.41 Å². The van der Waals surface area contributed by atoms with Crippen LogP contribution in [0.5, 0.6) is 0 Å². The van der Waals surface area contributed by atoms with Crippen molar-refractivity contribution in [2.24, 2.45) is 0 Å². The molecule has 4 aromatic rings. The molecule has 1 saturated carbocycles. The summed E-state index contributed by atoms with van der Waals surface area (Å²) in [5, 5.41) is 6.57. The maximum absolute atomic E-state index is 3.79. The molecule has 1 N–H and O–H groups in total. The fraction of sp³-hybridized carbons (Fsp3) is 0.312. The Morgan fingerprint density at radius 1 is 0.606 bits per heavy atom. The molecule has 33 heavy (non-hydrogen) atoms. The molecule has 0 spiro atoms.